The molecule has 0 radical (unpaired) electrons. The Morgan fingerprint density at radius 1 is 1.27 bits per heavy atom. The molecule has 160 valence electrons. The van der Waals surface area contributed by atoms with Crippen molar-refractivity contribution in [3.05, 3.63) is 46.4 Å². The zero-order valence-corrected chi connectivity index (χ0v) is 18.4. The zero-order chi connectivity index (χ0) is 22.5. The molecule has 2 rings (SSSR count). The summed E-state index contributed by atoms with van der Waals surface area (Å²) in [5.41, 5.74) is 0.732. The fraction of sp³-hybridized carbons (Fsp3) is 0.435. The number of rotatable bonds is 6. The van der Waals surface area contributed by atoms with Crippen LogP contribution in [0.25, 0.3) is 11.1 Å². The first-order valence-electron chi connectivity index (χ1n) is 9.87. The van der Waals surface area contributed by atoms with E-state index < -0.39 is 11.7 Å². The summed E-state index contributed by atoms with van der Waals surface area (Å²) in [5.74, 6) is 0.850. The maximum absolute atomic E-state index is 12.7. The predicted octanol–water partition coefficient (Wildman–Crippen LogP) is 4.79. The maximum atomic E-state index is 12.7. The number of aryl methyl sites for hydroxylation is 1. The molecule has 7 nitrogen and oxygen atoms in total. The van der Waals surface area contributed by atoms with Crippen molar-refractivity contribution in [1.82, 2.24) is 4.57 Å². The van der Waals surface area contributed by atoms with Crippen LogP contribution >= 0.6 is 0 Å². The van der Waals surface area contributed by atoms with Gasteiger partial charge in [0.2, 0.25) is 0 Å². The summed E-state index contributed by atoms with van der Waals surface area (Å²) < 4.78 is 12.2. The molecule has 7 heteroatoms. The Labute approximate surface area is 177 Å². The first-order chi connectivity index (χ1) is 14.1. The van der Waals surface area contributed by atoms with E-state index in [0.29, 0.717) is 35.0 Å². The van der Waals surface area contributed by atoms with Gasteiger partial charge < -0.3 is 14.0 Å². The third-order valence-electron chi connectivity index (χ3n) is 4.37. The van der Waals surface area contributed by atoms with Crippen LogP contribution < -0.4 is 15.6 Å². The Morgan fingerprint density at radius 2 is 1.97 bits per heavy atom. The minimum Gasteiger partial charge on any atom is -0.495 e. The SMILES string of the molecule is COc1cc(-c2ccn(CCC(C)C)c(=O)c2C#N)ccc1NC(=O)OC(C)(C)C. The molecule has 0 saturated heterocycles. The molecule has 0 atom stereocenters. The van der Waals surface area contributed by atoms with Gasteiger partial charge in [0.05, 0.1) is 12.8 Å². The molecule has 1 heterocycles. The number of nitrogens with zero attached hydrogens (tertiary/aromatic N) is 2. The highest BCUT2D eigenvalue weighted by atomic mass is 16.6. The number of carbonyl (C=O) groups excluding carboxylic acids is 1. The number of pyridine rings is 1. The van der Waals surface area contributed by atoms with Crippen LogP contribution in [0, 0.1) is 17.2 Å². The maximum Gasteiger partial charge on any atom is 0.412 e. The molecule has 30 heavy (non-hydrogen) atoms. The number of anilines is 1. The summed E-state index contributed by atoms with van der Waals surface area (Å²) in [6.07, 6.45) is 1.96. The van der Waals surface area contributed by atoms with Crippen molar-refractivity contribution in [2.75, 3.05) is 12.4 Å². The Bertz CT molecular complexity index is 1010. The number of carbonyl (C=O) groups is 1. The smallest absolute Gasteiger partial charge is 0.412 e. The lowest BCUT2D eigenvalue weighted by atomic mass is 10.0. The van der Waals surface area contributed by atoms with Crippen LogP contribution in [0.3, 0.4) is 0 Å². The van der Waals surface area contributed by atoms with Crippen LogP contribution in [0.2, 0.25) is 0 Å². The average molecular weight is 412 g/mol. The van der Waals surface area contributed by atoms with Crippen LogP contribution in [0.4, 0.5) is 10.5 Å². The fourth-order valence-electron chi connectivity index (χ4n) is 2.87. The molecule has 1 amide bonds. The van der Waals surface area contributed by atoms with E-state index in [4.69, 9.17) is 9.47 Å². The van der Waals surface area contributed by atoms with Gasteiger partial charge in [-0.05, 0) is 56.9 Å². The summed E-state index contributed by atoms with van der Waals surface area (Å²) in [6.45, 7) is 10.1. The van der Waals surface area contributed by atoms with Gasteiger partial charge in [-0.15, -0.1) is 0 Å². The number of hydrogen-bond donors (Lipinski definition) is 1. The predicted molar refractivity (Wildman–Crippen MR) is 117 cm³/mol. The van der Waals surface area contributed by atoms with Crippen molar-refractivity contribution in [3.63, 3.8) is 0 Å². The van der Waals surface area contributed by atoms with Crippen LogP contribution in [0.15, 0.2) is 35.3 Å². The van der Waals surface area contributed by atoms with E-state index in [0.717, 1.165) is 6.42 Å². The number of nitrogens with one attached hydrogen (secondary N) is 1. The van der Waals surface area contributed by atoms with Gasteiger partial charge in [-0.1, -0.05) is 19.9 Å². The van der Waals surface area contributed by atoms with E-state index in [-0.39, 0.29) is 11.1 Å². The van der Waals surface area contributed by atoms with Gasteiger partial charge in [-0.2, -0.15) is 5.26 Å². The Hall–Kier alpha value is -3.27. The van der Waals surface area contributed by atoms with Crippen LogP contribution in [0.5, 0.6) is 5.75 Å². The number of hydrogen-bond acceptors (Lipinski definition) is 5. The largest absolute Gasteiger partial charge is 0.495 e. The van der Waals surface area contributed by atoms with Gasteiger partial charge in [0.1, 0.15) is 23.0 Å². The minimum absolute atomic E-state index is 0.0798. The topological polar surface area (TPSA) is 93.4 Å². The molecule has 1 N–H and O–H groups in total. The molecule has 0 aliphatic carbocycles. The normalized spacial score (nSPS) is 11.1. The first-order valence-corrected chi connectivity index (χ1v) is 9.87. The lowest BCUT2D eigenvalue weighted by Gasteiger charge is -2.20. The van der Waals surface area contributed by atoms with E-state index in [2.05, 4.69) is 19.2 Å². The molecule has 0 unspecified atom stereocenters. The number of aromatic nitrogens is 1. The zero-order valence-electron chi connectivity index (χ0n) is 18.4. The first kappa shape index (κ1) is 23.0. The van der Waals surface area contributed by atoms with E-state index in [1.54, 1.807) is 55.8 Å². The van der Waals surface area contributed by atoms with Gasteiger partial charge in [-0.25, -0.2) is 4.79 Å². The molecule has 0 spiro atoms. The van der Waals surface area contributed by atoms with E-state index in [1.807, 2.05) is 6.07 Å². The van der Waals surface area contributed by atoms with E-state index in [1.165, 1.54) is 7.11 Å². The third-order valence-corrected chi connectivity index (χ3v) is 4.37. The monoisotopic (exact) mass is 411 g/mol. The molecule has 0 aliphatic heterocycles. The standard InChI is InChI=1S/C23H29N3O4/c1-15(2)9-11-26-12-10-17(18(14-24)21(26)27)16-7-8-19(20(13-16)29-6)25-22(28)30-23(3,4)5/h7-8,10,12-13,15H,9,11H2,1-6H3,(H,25,28). The van der Waals surface area contributed by atoms with Crippen molar-refractivity contribution in [2.45, 2.75) is 53.2 Å². The van der Waals surface area contributed by atoms with Gasteiger partial charge >= 0.3 is 6.09 Å². The molecule has 2 aromatic rings. The summed E-state index contributed by atoms with van der Waals surface area (Å²) in [7, 11) is 1.48. The van der Waals surface area contributed by atoms with Crippen molar-refractivity contribution in [1.29, 1.82) is 5.26 Å². The summed E-state index contributed by atoms with van der Waals surface area (Å²) >= 11 is 0. The van der Waals surface area contributed by atoms with E-state index in [9.17, 15) is 14.9 Å². The number of nitriles is 1. The summed E-state index contributed by atoms with van der Waals surface area (Å²) in [6, 6.07) is 8.86. The van der Waals surface area contributed by atoms with Crippen LogP contribution in [-0.2, 0) is 11.3 Å². The highest BCUT2D eigenvalue weighted by Crippen LogP contribution is 2.32. The quantitative estimate of drug-likeness (QED) is 0.738. The van der Waals surface area contributed by atoms with Crippen LogP contribution in [0.1, 0.15) is 46.6 Å². The van der Waals surface area contributed by atoms with Crippen molar-refractivity contribution in [2.24, 2.45) is 5.92 Å². The molecule has 0 saturated carbocycles. The Morgan fingerprint density at radius 3 is 2.53 bits per heavy atom. The second-order valence-corrected chi connectivity index (χ2v) is 8.44. The number of methoxy groups -OCH3 is 1. The second kappa shape index (κ2) is 9.49. The number of benzene rings is 1. The van der Waals surface area contributed by atoms with Crippen molar-refractivity contribution in [3.8, 4) is 22.9 Å². The molecule has 1 aromatic heterocycles. The fourth-order valence-corrected chi connectivity index (χ4v) is 2.87. The van der Waals surface area contributed by atoms with E-state index >= 15 is 0 Å². The Balaban J connectivity index is 2.38. The van der Waals surface area contributed by atoms with Crippen molar-refractivity contribution < 1.29 is 14.3 Å². The van der Waals surface area contributed by atoms with Crippen molar-refractivity contribution >= 4 is 11.8 Å². The second-order valence-electron chi connectivity index (χ2n) is 8.44. The number of ether oxygens (including phenoxy) is 2. The third kappa shape index (κ3) is 5.86. The lowest BCUT2D eigenvalue weighted by Crippen LogP contribution is -2.27. The lowest BCUT2D eigenvalue weighted by molar-refractivity contribution is 0.0635. The summed E-state index contributed by atoms with van der Waals surface area (Å²) in [5, 5.41) is 12.3. The average Bonchev–Trinajstić information content (AvgIpc) is 2.65. The van der Waals surface area contributed by atoms with Gasteiger partial charge in [0.15, 0.2) is 0 Å². The Kier molecular flexibility index (Phi) is 7.28. The molecule has 0 fully saturated rings. The molecule has 1 aromatic carbocycles. The minimum atomic E-state index is -0.627. The van der Waals surface area contributed by atoms with Gasteiger partial charge in [0, 0.05) is 18.3 Å². The highest BCUT2D eigenvalue weighted by Gasteiger charge is 2.19. The van der Waals surface area contributed by atoms with Crippen LogP contribution in [-0.4, -0.2) is 23.4 Å². The molecule has 0 aliphatic rings. The molecule has 0 bridgehead atoms. The van der Waals surface area contributed by atoms with Gasteiger partial charge in [0.25, 0.3) is 5.56 Å². The summed E-state index contributed by atoms with van der Waals surface area (Å²) in [4.78, 5) is 24.8. The number of amides is 1. The highest BCUT2D eigenvalue weighted by molar-refractivity contribution is 5.88. The molecular formula is C23H29N3O4. The molecular weight excluding hydrogens is 382 g/mol. The van der Waals surface area contributed by atoms with Gasteiger partial charge in [-0.3, -0.25) is 10.1 Å².